The van der Waals surface area contributed by atoms with Crippen LogP contribution in [0.1, 0.15) is 30.4 Å². The molecular weight excluding hydrogens is 335 g/mol. The van der Waals surface area contributed by atoms with E-state index in [9.17, 15) is 14.8 Å². The molecular formula is C16H19O5PS. The number of phenols is 2. The maximum absolute atomic E-state index is 11.2. The van der Waals surface area contributed by atoms with Crippen molar-refractivity contribution in [2.45, 2.75) is 30.6 Å². The number of phenolic OH excluding ortho intramolecular Hbond substituents is 2. The average molecular weight is 354 g/mol. The van der Waals surface area contributed by atoms with Gasteiger partial charge in [-0.05, 0) is 65.5 Å². The highest BCUT2D eigenvalue weighted by Gasteiger charge is 2.19. The molecule has 0 bridgehead atoms. The predicted octanol–water partition coefficient (Wildman–Crippen LogP) is 4.02. The summed E-state index contributed by atoms with van der Waals surface area (Å²) in [7, 11) is 0. The third kappa shape index (κ3) is 5.59. The van der Waals surface area contributed by atoms with Crippen molar-refractivity contribution in [3.05, 3.63) is 53.6 Å². The van der Waals surface area contributed by atoms with E-state index in [1.807, 2.05) is 12.1 Å². The minimum absolute atomic E-state index is 0.0173. The molecule has 0 fully saturated rings. The van der Waals surface area contributed by atoms with Gasteiger partial charge in [-0.2, -0.15) is 0 Å². The minimum atomic E-state index is -4.27. The summed E-state index contributed by atoms with van der Waals surface area (Å²) >= 11 is 0.465. The van der Waals surface area contributed by atoms with Crippen molar-refractivity contribution in [3.63, 3.8) is 0 Å². The van der Waals surface area contributed by atoms with Crippen LogP contribution in [0.5, 0.6) is 11.5 Å². The molecule has 5 nitrogen and oxygen atoms in total. The highest BCUT2D eigenvalue weighted by molar-refractivity contribution is 8.54. The summed E-state index contributed by atoms with van der Waals surface area (Å²) in [6.07, 6.45) is 1.41. The number of benzene rings is 2. The van der Waals surface area contributed by atoms with Crippen LogP contribution in [0.15, 0.2) is 47.4 Å². The third-order valence-electron chi connectivity index (χ3n) is 3.58. The summed E-state index contributed by atoms with van der Waals surface area (Å²) in [4.78, 5) is 18.7. The molecule has 124 valence electrons. The zero-order valence-electron chi connectivity index (χ0n) is 12.6. The van der Waals surface area contributed by atoms with Gasteiger partial charge in [-0.25, -0.2) is 4.57 Å². The van der Waals surface area contributed by atoms with E-state index < -0.39 is 6.80 Å². The fourth-order valence-corrected chi connectivity index (χ4v) is 4.30. The quantitative estimate of drug-likeness (QED) is 0.585. The van der Waals surface area contributed by atoms with Crippen LogP contribution in [-0.4, -0.2) is 20.0 Å². The molecule has 2 rings (SSSR count). The second kappa shape index (κ2) is 7.41. The molecule has 0 aromatic heterocycles. The largest absolute Gasteiger partial charge is 0.508 e. The first-order chi connectivity index (χ1) is 10.7. The van der Waals surface area contributed by atoms with E-state index in [4.69, 9.17) is 9.79 Å². The fraction of sp³-hybridized carbons (Fsp3) is 0.250. The Bertz CT molecular complexity index is 711. The standard InChI is InChI=1S/C16H19O5PS/c1-11(12-4-7-14(17)8-5-12)2-3-13-6-9-15(18)10-16(13)23-22(19,20)21/h4-11,17-18H,2-3H2,1H3,(H2,19,20,21). The average Bonchev–Trinajstić information content (AvgIpc) is 2.45. The summed E-state index contributed by atoms with van der Waals surface area (Å²) in [5.41, 5.74) is 1.88. The molecule has 0 saturated heterocycles. The van der Waals surface area contributed by atoms with Crippen molar-refractivity contribution >= 4 is 18.2 Å². The second-order valence-electron chi connectivity index (χ2n) is 5.41. The van der Waals surface area contributed by atoms with E-state index in [0.29, 0.717) is 22.7 Å². The van der Waals surface area contributed by atoms with Gasteiger partial charge in [-0.1, -0.05) is 25.1 Å². The van der Waals surface area contributed by atoms with E-state index in [0.717, 1.165) is 17.5 Å². The maximum atomic E-state index is 11.2. The monoisotopic (exact) mass is 354 g/mol. The minimum Gasteiger partial charge on any atom is -0.508 e. The summed E-state index contributed by atoms with van der Waals surface area (Å²) in [5, 5.41) is 18.8. The van der Waals surface area contributed by atoms with Crippen LogP contribution in [0.3, 0.4) is 0 Å². The van der Waals surface area contributed by atoms with Gasteiger partial charge < -0.3 is 20.0 Å². The Morgan fingerprint density at radius 2 is 1.65 bits per heavy atom. The van der Waals surface area contributed by atoms with Crippen LogP contribution in [-0.2, 0) is 11.0 Å². The van der Waals surface area contributed by atoms with Gasteiger partial charge in [0.15, 0.2) is 0 Å². The molecule has 23 heavy (non-hydrogen) atoms. The first-order valence-electron chi connectivity index (χ1n) is 7.10. The molecule has 0 aliphatic heterocycles. The van der Waals surface area contributed by atoms with Crippen molar-refractivity contribution in [2.24, 2.45) is 0 Å². The van der Waals surface area contributed by atoms with Gasteiger partial charge in [-0.15, -0.1) is 0 Å². The van der Waals surface area contributed by atoms with Crippen LogP contribution in [0.2, 0.25) is 0 Å². The van der Waals surface area contributed by atoms with E-state index in [1.54, 1.807) is 18.2 Å². The Morgan fingerprint density at radius 1 is 1.04 bits per heavy atom. The van der Waals surface area contributed by atoms with Crippen LogP contribution in [0.4, 0.5) is 0 Å². The molecule has 0 aliphatic carbocycles. The van der Waals surface area contributed by atoms with Crippen LogP contribution in [0.25, 0.3) is 0 Å². The van der Waals surface area contributed by atoms with E-state index >= 15 is 0 Å². The van der Waals surface area contributed by atoms with Gasteiger partial charge in [0.25, 0.3) is 0 Å². The summed E-state index contributed by atoms with van der Waals surface area (Å²) < 4.78 is 11.2. The molecule has 1 unspecified atom stereocenters. The smallest absolute Gasteiger partial charge is 0.388 e. The van der Waals surface area contributed by atoms with E-state index in [2.05, 4.69) is 6.92 Å². The molecule has 2 aromatic carbocycles. The molecule has 0 heterocycles. The first kappa shape index (κ1) is 17.9. The zero-order valence-corrected chi connectivity index (χ0v) is 14.3. The summed E-state index contributed by atoms with van der Waals surface area (Å²) in [6, 6.07) is 11.6. The lowest BCUT2D eigenvalue weighted by Crippen LogP contribution is -1.97. The van der Waals surface area contributed by atoms with Crippen molar-refractivity contribution < 1.29 is 24.6 Å². The molecule has 4 N–H and O–H groups in total. The summed E-state index contributed by atoms with van der Waals surface area (Å²) in [6.45, 7) is -2.21. The van der Waals surface area contributed by atoms with Crippen LogP contribution >= 0.6 is 18.2 Å². The van der Waals surface area contributed by atoms with Crippen LogP contribution < -0.4 is 0 Å². The lowest BCUT2D eigenvalue weighted by molar-refractivity contribution is 0.397. The molecule has 1 atom stereocenters. The zero-order chi connectivity index (χ0) is 17.0. The number of rotatable bonds is 6. The highest BCUT2D eigenvalue weighted by atomic mass is 32.7. The SMILES string of the molecule is CC(CCc1ccc(O)cc1SP(=O)(O)O)c1ccc(O)cc1. The normalized spacial score (nSPS) is 13.0. The number of aromatic hydroxyl groups is 2. The van der Waals surface area contributed by atoms with Crippen molar-refractivity contribution in [1.82, 2.24) is 0 Å². The van der Waals surface area contributed by atoms with Gasteiger partial charge in [-0.3, -0.25) is 0 Å². The van der Waals surface area contributed by atoms with Gasteiger partial charge in [0.2, 0.25) is 0 Å². The molecule has 2 aromatic rings. The second-order valence-corrected chi connectivity index (χ2v) is 8.98. The van der Waals surface area contributed by atoms with Gasteiger partial charge in [0.1, 0.15) is 11.5 Å². The summed E-state index contributed by atoms with van der Waals surface area (Å²) in [5.74, 6) is 0.438. The number of hydrogen-bond donors (Lipinski definition) is 4. The third-order valence-corrected chi connectivity index (χ3v) is 5.69. The van der Waals surface area contributed by atoms with E-state index in [-0.39, 0.29) is 17.4 Å². The van der Waals surface area contributed by atoms with Gasteiger partial charge in [0.05, 0.1) is 0 Å². The van der Waals surface area contributed by atoms with Crippen molar-refractivity contribution in [2.75, 3.05) is 0 Å². The molecule has 0 amide bonds. The molecule has 0 radical (unpaired) electrons. The molecule has 0 saturated carbocycles. The van der Waals surface area contributed by atoms with Gasteiger partial charge >= 0.3 is 6.80 Å². The lowest BCUT2D eigenvalue weighted by atomic mass is 9.94. The fourth-order valence-electron chi connectivity index (χ4n) is 2.30. The number of hydrogen-bond acceptors (Lipinski definition) is 4. The molecule has 0 aliphatic rings. The number of aryl methyl sites for hydroxylation is 1. The van der Waals surface area contributed by atoms with Crippen LogP contribution in [0, 0.1) is 0 Å². The maximum Gasteiger partial charge on any atom is 0.388 e. The topological polar surface area (TPSA) is 98.0 Å². The molecule has 7 heteroatoms. The Balaban J connectivity index is 2.10. The first-order valence-corrected chi connectivity index (χ1v) is 10.1. The Morgan fingerprint density at radius 3 is 2.26 bits per heavy atom. The highest BCUT2D eigenvalue weighted by Crippen LogP contribution is 2.55. The van der Waals surface area contributed by atoms with Gasteiger partial charge in [0, 0.05) is 4.90 Å². The Kier molecular flexibility index (Phi) is 5.76. The van der Waals surface area contributed by atoms with E-state index in [1.165, 1.54) is 12.1 Å². The van der Waals surface area contributed by atoms with Crippen molar-refractivity contribution in [1.29, 1.82) is 0 Å². The van der Waals surface area contributed by atoms with Crippen molar-refractivity contribution in [3.8, 4) is 11.5 Å². The molecule has 0 spiro atoms. The Labute approximate surface area is 138 Å². The predicted molar refractivity (Wildman–Crippen MR) is 90.9 cm³/mol. The Hall–Kier alpha value is -1.46. The lowest BCUT2D eigenvalue weighted by Gasteiger charge is -2.14.